The maximum Gasteiger partial charge on any atom is 0.407 e. The summed E-state index contributed by atoms with van der Waals surface area (Å²) in [6, 6.07) is 22.0. The molecule has 24 atom stereocenters. The van der Waals surface area contributed by atoms with E-state index >= 15 is 14.4 Å². The molecule has 4 N–H and O–H groups in total. The molecule has 6 aliphatic rings. The number of fused-ring (bicyclic) bond motifs is 4. The van der Waals surface area contributed by atoms with Gasteiger partial charge in [-0.05, 0) is 52.4 Å². The molecular weight excluding hydrogens is 1740 g/mol. The van der Waals surface area contributed by atoms with E-state index in [9.17, 15) is 73.0 Å². The van der Waals surface area contributed by atoms with Crippen molar-refractivity contribution in [3.63, 3.8) is 0 Å². The van der Waals surface area contributed by atoms with E-state index in [4.69, 9.17) is 104 Å². The van der Waals surface area contributed by atoms with Crippen LogP contribution in [0.25, 0.3) is 21.6 Å². The number of nitrogens with one attached hydrogen (secondary N) is 3. The highest BCUT2D eigenvalue weighted by molar-refractivity contribution is 5.90. The summed E-state index contributed by atoms with van der Waals surface area (Å²) >= 11 is 0. The van der Waals surface area contributed by atoms with Crippen LogP contribution in [0.1, 0.15) is 129 Å². The first kappa shape index (κ1) is 100. The first-order chi connectivity index (χ1) is 62.2. The summed E-state index contributed by atoms with van der Waals surface area (Å²) in [5.41, 5.74) is 14.4. The van der Waals surface area contributed by atoms with Gasteiger partial charge in [-0.15, -0.1) is 0 Å². The number of azide groups is 1. The van der Waals surface area contributed by atoms with Gasteiger partial charge in [0.15, 0.2) is 55.2 Å². The molecule has 5 heterocycles. The molecule has 4 aromatic rings. The summed E-state index contributed by atoms with van der Waals surface area (Å²) < 4.78 is 133. The third-order valence-corrected chi connectivity index (χ3v) is 21.2. The monoisotopic (exact) mass is 1840 g/mol. The van der Waals surface area contributed by atoms with Crippen LogP contribution in [0.2, 0.25) is 0 Å². The van der Waals surface area contributed by atoms with Crippen LogP contribution >= 0.6 is 0 Å². The van der Waals surface area contributed by atoms with Crippen molar-refractivity contribution in [3.8, 4) is 11.1 Å². The fraction of sp³-hybridized carbons (Fsp3) is 0.535. The van der Waals surface area contributed by atoms with Crippen LogP contribution in [0.15, 0.2) is 114 Å². The second-order valence-electron chi connectivity index (χ2n) is 30.9. The van der Waals surface area contributed by atoms with Gasteiger partial charge in [-0.25, -0.2) is 24.0 Å². The number of ether oxygens (including phenoxy) is 22. The number of nitrogens with zero attached hydrogens (tertiary/aromatic N) is 3. The van der Waals surface area contributed by atoms with Crippen molar-refractivity contribution in [1.29, 1.82) is 0 Å². The van der Waals surface area contributed by atoms with E-state index in [0.717, 1.165) is 106 Å². The molecule has 10 rings (SSSR count). The fourth-order valence-electron chi connectivity index (χ4n) is 15.9. The Kier molecular flexibility index (Phi) is 34.5. The molecule has 1 spiro atoms. The maximum absolute atomic E-state index is 15.5. The van der Waals surface area contributed by atoms with Crippen LogP contribution in [0, 0.1) is 0 Å². The molecular formula is C86H100N6O39. The van der Waals surface area contributed by atoms with Gasteiger partial charge in [0.2, 0.25) is 11.8 Å². The molecule has 3 amide bonds. The van der Waals surface area contributed by atoms with E-state index in [1.54, 1.807) is 42.5 Å². The number of methoxy groups -OCH3 is 1. The lowest BCUT2D eigenvalue weighted by Crippen LogP contribution is -2.75. The molecule has 5 aliphatic heterocycles. The second-order valence-corrected chi connectivity index (χ2v) is 30.9. The van der Waals surface area contributed by atoms with Gasteiger partial charge in [0.25, 0.3) is 11.6 Å². The van der Waals surface area contributed by atoms with Crippen LogP contribution in [-0.4, -0.2) is 287 Å². The summed E-state index contributed by atoms with van der Waals surface area (Å²) in [6.45, 7) is 6.55. The molecule has 0 aromatic heterocycles. The summed E-state index contributed by atoms with van der Waals surface area (Å²) in [6.07, 6.45) is -42.1. The molecule has 5 saturated heterocycles. The van der Waals surface area contributed by atoms with E-state index in [-0.39, 0.29) is 12.2 Å². The van der Waals surface area contributed by atoms with Gasteiger partial charge in [-0.2, -0.15) is 0 Å². The second kappa shape index (κ2) is 45.1. The summed E-state index contributed by atoms with van der Waals surface area (Å²) in [5.74, 6) is -24.0. The quantitative estimate of drug-likeness (QED) is 0.0167. The molecule has 5 fully saturated rings. The number of hydrogen-bond donors (Lipinski definition) is 4. The molecule has 1 aliphatic carbocycles. The third-order valence-electron chi connectivity index (χ3n) is 21.2. The number of rotatable bonds is 36. The smallest absolute Gasteiger partial charge is 0.407 e. The lowest BCUT2D eigenvalue weighted by molar-refractivity contribution is -0.402. The molecule has 0 radical (unpaired) electrons. The lowest BCUT2D eigenvalue weighted by atomic mass is 9.86. The standard InChI is InChI=1S/C86H100N6O39/c1-40(65(79(106)114-34-52-24-16-14-17-25-52)90-84(109)115-35-58-56-30-22-20-28-54(56)55-29-21-23-31-57(55)58)117-80-68(91-92-87)73(69(104)61(124-80)39-116-85(82(107)110-13)32-59(118-46(7)98)66(88-41(2)93)74(129-85)70(122-50(11)102)62(120-48(9)100)36-111-43(4)95)127-81-77(126-78(105)53-26-18-15-19-27-53)76-72(64(125-81)38-113-45(6)97)128-83(108)86(131-76)33-60(119-47(8)99)67(89-42(3)94)75(130-86)71(123-51(12)103)63(121-49(10)101)37-112-44(5)96/h14-31,40,58-77,80-81,104H,32-39H2,1-13H3,(H,88,93)(H,89,94)(H,90,109)/t40-,59+,60+,61-,62-,63-,64-,65+,66-,67-,68-,69+,70-,71-,72+,73-,74-,75-,76-,77-,80+,81+,85-,86+/m1/s1. The number of aliphatic hydroxyl groups excluding tert-OH is 1. The number of hydrogen-bond acceptors (Lipinski definition) is 40. The average molecular weight is 1840 g/mol. The van der Waals surface area contributed by atoms with Gasteiger partial charge in [0, 0.05) is 87.0 Å². The lowest BCUT2D eigenvalue weighted by Gasteiger charge is -2.55. The Hall–Kier alpha value is -12.8. The van der Waals surface area contributed by atoms with Crippen LogP contribution in [-0.2, 0) is 178 Å². The zero-order valence-corrected chi connectivity index (χ0v) is 73.1. The van der Waals surface area contributed by atoms with Gasteiger partial charge in [-0.1, -0.05) is 102 Å². The van der Waals surface area contributed by atoms with Crippen molar-refractivity contribution in [2.24, 2.45) is 5.11 Å². The predicted octanol–water partition coefficient (Wildman–Crippen LogP) is 2.90. The van der Waals surface area contributed by atoms with Crippen LogP contribution < -0.4 is 16.0 Å². The fourth-order valence-corrected chi connectivity index (χ4v) is 15.9. The molecule has 45 nitrogen and oxygen atoms in total. The normalized spacial score (nSPS) is 27.1. The van der Waals surface area contributed by atoms with Crippen molar-refractivity contribution >= 4 is 95.5 Å². The largest absolute Gasteiger partial charge is 0.465 e. The van der Waals surface area contributed by atoms with Crippen molar-refractivity contribution in [2.75, 3.05) is 40.1 Å². The molecule has 0 unspecified atom stereocenters. The highest BCUT2D eigenvalue weighted by Crippen LogP contribution is 2.48. The Morgan fingerprint density at radius 1 is 0.542 bits per heavy atom. The summed E-state index contributed by atoms with van der Waals surface area (Å²) in [4.78, 5) is 223. The van der Waals surface area contributed by atoms with Gasteiger partial charge in [0.1, 0.15) is 94.0 Å². The Morgan fingerprint density at radius 3 is 1.56 bits per heavy atom. The van der Waals surface area contributed by atoms with Gasteiger partial charge in [-0.3, -0.25) is 52.7 Å². The zero-order chi connectivity index (χ0) is 95.5. The zero-order valence-electron chi connectivity index (χ0n) is 73.1. The first-order valence-corrected chi connectivity index (χ1v) is 41.1. The van der Waals surface area contributed by atoms with E-state index in [1.807, 2.05) is 36.4 Å². The van der Waals surface area contributed by atoms with Crippen molar-refractivity contribution in [1.82, 2.24) is 16.0 Å². The Balaban J connectivity index is 1.14. The number of benzene rings is 4. The first-order valence-electron chi connectivity index (χ1n) is 41.1. The molecule has 131 heavy (non-hydrogen) atoms. The number of alkyl carbamates (subject to hydrolysis) is 1. The Labute approximate surface area is 747 Å². The van der Waals surface area contributed by atoms with E-state index in [2.05, 4.69) is 26.0 Å². The number of aliphatic hydroxyl groups is 1. The Bertz CT molecular complexity index is 4860. The summed E-state index contributed by atoms with van der Waals surface area (Å²) in [7, 11) is 0.819. The number of carbonyl (C=O) groups excluding carboxylic acids is 16. The Morgan fingerprint density at radius 2 is 1.05 bits per heavy atom. The van der Waals surface area contributed by atoms with Crippen LogP contribution in [0.4, 0.5) is 4.79 Å². The van der Waals surface area contributed by atoms with E-state index < -0.39 is 293 Å². The van der Waals surface area contributed by atoms with Gasteiger partial charge >= 0.3 is 83.7 Å². The topological polar surface area (TPSA) is 581 Å². The van der Waals surface area contributed by atoms with E-state index in [0.29, 0.717) is 5.56 Å². The minimum Gasteiger partial charge on any atom is -0.465 e. The number of carbonyl (C=O) groups is 16. The predicted molar refractivity (Wildman–Crippen MR) is 431 cm³/mol. The minimum absolute atomic E-state index is 0.249. The van der Waals surface area contributed by atoms with E-state index in [1.165, 1.54) is 37.3 Å². The van der Waals surface area contributed by atoms with Gasteiger partial charge < -0.3 is 125 Å². The third kappa shape index (κ3) is 25.6. The van der Waals surface area contributed by atoms with Crippen LogP contribution in [0.3, 0.4) is 0 Å². The average Bonchev–Trinajstić information content (AvgIpc) is 1.07. The highest BCUT2D eigenvalue weighted by Gasteiger charge is 2.68. The SMILES string of the molecule is COC(=O)[C@@]1(OC[C@H]2O[C@H](O[C@H](C)[C@H](NC(=O)OCC3c4ccccc4-c4ccccc43)C(=O)OCc3ccccc3)[C@H](N=[N+]=[N-])[C@@H](O[C@@H]3O[C@H](COC(C)=O)[C@@H]4OC(=O)[C@]5(C[C@H](OC(C)=O)[C@@H](NC(C)=O)[C@H]([C@H](OC(C)=O)[C@@H](COC(C)=O)OC(C)=O)O5)O[C@H]4[C@H]3OC(=O)c3ccccc3)[C@H]2O)C[C@H](OC(C)=O)[C@@H](NC(C)=O)[C@H]([C@H](OC(C)=O)[C@@H](COC(C)=O)OC(C)=O)O1. The molecule has 0 bridgehead atoms. The summed E-state index contributed by atoms with van der Waals surface area (Å²) in [5, 5.41) is 25.1. The number of amides is 3. The highest BCUT2D eigenvalue weighted by atomic mass is 16.8. The van der Waals surface area contributed by atoms with Crippen LogP contribution in [0.5, 0.6) is 0 Å². The number of esters is 13. The maximum atomic E-state index is 15.5. The molecule has 708 valence electrons. The molecule has 4 aromatic carbocycles. The molecule has 0 saturated carbocycles. The van der Waals surface area contributed by atoms with Gasteiger partial charge in [0.05, 0.1) is 50.3 Å². The van der Waals surface area contributed by atoms with Crippen molar-refractivity contribution in [3.05, 3.63) is 142 Å². The molecule has 45 heteroatoms. The minimum atomic E-state index is -3.16. The van der Waals surface area contributed by atoms with Crippen molar-refractivity contribution < 1.29 is 186 Å². The van der Waals surface area contributed by atoms with Crippen molar-refractivity contribution in [2.45, 2.75) is 254 Å².